The van der Waals surface area contributed by atoms with E-state index < -0.39 is 0 Å². The quantitative estimate of drug-likeness (QED) is 0.837. The first-order valence-electron chi connectivity index (χ1n) is 7.32. The lowest BCUT2D eigenvalue weighted by molar-refractivity contribution is 0.219. The van der Waals surface area contributed by atoms with Crippen molar-refractivity contribution in [3.8, 4) is 0 Å². The lowest BCUT2D eigenvalue weighted by Gasteiger charge is -2.35. The van der Waals surface area contributed by atoms with Crippen molar-refractivity contribution in [2.75, 3.05) is 6.54 Å². The monoisotopic (exact) mass is 245 g/mol. The molecule has 1 heteroatoms. The highest BCUT2D eigenvalue weighted by Gasteiger charge is 2.28. The van der Waals surface area contributed by atoms with Gasteiger partial charge in [-0.25, -0.2) is 0 Å². The Balaban J connectivity index is 2.18. The first-order valence-corrected chi connectivity index (χ1v) is 7.32. The maximum atomic E-state index is 5.78. The zero-order valence-corrected chi connectivity index (χ0v) is 12.1. The van der Waals surface area contributed by atoms with Gasteiger partial charge in [-0.1, -0.05) is 51.5 Å². The molecule has 0 aliphatic heterocycles. The second-order valence-corrected chi connectivity index (χ2v) is 6.76. The molecule has 2 atom stereocenters. The molecule has 1 aliphatic carbocycles. The number of hydrogen-bond acceptors (Lipinski definition) is 1. The molecule has 0 aromatic heterocycles. The van der Waals surface area contributed by atoms with E-state index in [1.54, 1.807) is 0 Å². The first kappa shape index (κ1) is 13.6. The summed E-state index contributed by atoms with van der Waals surface area (Å²) in [6.07, 6.45) is 5.42. The number of nitrogens with two attached hydrogens (primary N) is 1. The minimum Gasteiger partial charge on any atom is -0.330 e. The van der Waals surface area contributed by atoms with E-state index in [0.717, 1.165) is 12.5 Å². The second-order valence-electron chi connectivity index (χ2n) is 6.76. The van der Waals surface area contributed by atoms with Crippen molar-refractivity contribution in [1.29, 1.82) is 0 Å². The molecule has 100 valence electrons. The van der Waals surface area contributed by atoms with Crippen molar-refractivity contribution >= 4 is 0 Å². The molecule has 1 aromatic rings. The lowest BCUT2D eigenvalue weighted by atomic mass is 9.70. The SMILES string of the molecule is CC(CN)c1cccc(C2CCCC(C)(C)C2)c1. The van der Waals surface area contributed by atoms with E-state index in [1.165, 1.54) is 36.8 Å². The molecule has 2 N–H and O–H groups in total. The smallest absolute Gasteiger partial charge is 0.00109 e. The van der Waals surface area contributed by atoms with Gasteiger partial charge in [0.15, 0.2) is 0 Å². The Morgan fingerprint density at radius 1 is 1.39 bits per heavy atom. The van der Waals surface area contributed by atoms with Crippen LogP contribution in [0.4, 0.5) is 0 Å². The zero-order chi connectivity index (χ0) is 13.2. The van der Waals surface area contributed by atoms with Gasteiger partial charge in [0.1, 0.15) is 0 Å². The van der Waals surface area contributed by atoms with Crippen LogP contribution in [0.15, 0.2) is 24.3 Å². The molecule has 0 amide bonds. The molecular formula is C17H27N. The van der Waals surface area contributed by atoms with E-state index in [2.05, 4.69) is 45.0 Å². The average Bonchev–Trinajstić information content (AvgIpc) is 2.37. The molecule has 2 unspecified atom stereocenters. The van der Waals surface area contributed by atoms with Crippen LogP contribution in [0.1, 0.15) is 69.4 Å². The van der Waals surface area contributed by atoms with Crippen molar-refractivity contribution in [1.82, 2.24) is 0 Å². The number of benzene rings is 1. The normalized spacial score (nSPS) is 24.8. The molecule has 1 aliphatic rings. The summed E-state index contributed by atoms with van der Waals surface area (Å²) in [7, 11) is 0. The van der Waals surface area contributed by atoms with Crippen molar-refractivity contribution < 1.29 is 0 Å². The standard InChI is InChI=1S/C17H27N/c1-13(12-18)14-6-4-7-15(10-14)16-8-5-9-17(2,3)11-16/h4,6-7,10,13,16H,5,8-9,11-12,18H2,1-3H3. The average molecular weight is 245 g/mol. The second kappa shape index (κ2) is 5.44. The van der Waals surface area contributed by atoms with Gasteiger partial charge in [0.25, 0.3) is 0 Å². The highest BCUT2D eigenvalue weighted by molar-refractivity contribution is 5.29. The van der Waals surface area contributed by atoms with Crippen LogP contribution in [0.3, 0.4) is 0 Å². The molecule has 0 spiro atoms. The fourth-order valence-electron chi connectivity index (χ4n) is 3.24. The lowest BCUT2D eigenvalue weighted by Crippen LogP contribution is -2.21. The van der Waals surface area contributed by atoms with Gasteiger partial charge >= 0.3 is 0 Å². The van der Waals surface area contributed by atoms with E-state index in [0.29, 0.717) is 11.3 Å². The fraction of sp³-hybridized carbons (Fsp3) is 0.647. The predicted octanol–water partition coefficient (Wildman–Crippen LogP) is 4.43. The molecule has 0 saturated heterocycles. The Morgan fingerprint density at radius 2 is 2.17 bits per heavy atom. The van der Waals surface area contributed by atoms with Gasteiger partial charge in [-0.05, 0) is 54.2 Å². The molecule has 0 bridgehead atoms. The van der Waals surface area contributed by atoms with Crippen LogP contribution < -0.4 is 5.73 Å². The highest BCUT2D eigenvalue weighted by atomic mass is 14.5. The van der Waals surface area contributed by atoms with Gasteiger partial charge in [0, 0.05) is 0 Å². The van der Waals surface area contributed by atoms with Crippen molar-refractivity contribution in [2.24, 2.45) is 11.1 Å². The highest BCUT2D eigenvalue weighted by Crippen LogP contribution is 2.43. The molecule has 1 saturated carbocycles. The molecule has 0 heterocycles. The minimum absolute atomic E-state index is 0.474. The number of rotatable bonds is 3. The summed E-state index contributed by atoms with van der Waals surface area (Å²) in [5.41, 5.74) is 9.22. The number of hydrogen-bond donors (Lipinski definition) is 1. The summed E-state index contributed by atoms with van der Waals surface area (Å²) in [6.45, 7) is 7.76. The summed E-state index contributed by atoms with van der Waals surface area (Å²) >= 11 is 0. The molecule has 2 rings (SSSR count). The van der Waals surface area contributed by atoms with Crippen LogP contribution in [0.25, 0.3) is 0 Å². The van der Waals surface area contributed by atoms with E-state index >= 15 is 0 Å². The van der Waals surface area contributed by atoms with Gasteiger partial charge in [-0.2, -0.15) is 0 Å². The van der Waals surface area contributed by atoms with Crippen LogP contribution in [-0.4, -0.2) is 6.54 Å². The first-order chi connectivity index (χ1) is 8.52. The maximum Gasteiger partial charge on any atom is -0.00109 e. The largest absolute Gasteiger partial charge is 0.330 e. The maximum absolute atomic E-state index is 5.78. The van der Waals surface area contributed by atoms with Crippen LogP contribution in [-0.2, 0) is 0 Å². The Bertz CT molecular complexity index is 394. The zero-order valence-electron chi connectivity index (χ0n) is 12.1. The van der Waals surface area contributed by atoms with E-state index in [-0.39, 0.29) is 0 Å². The van der Waals surface area contributed by atoms with Crippen molar-refractivity contribution in [3.63, 3.8) is 0 Å². The van der Waals surface area contributed by atoms with Crippen LogP contribution >= 0.6 is 0 Å². The summed E-state index contributed by atoms with van der Waals surface area (Å²) in [5.74, 6) is 1.22. The predicted molar refractivity (Wildman–Crippen MR) is 78.9 cm³/mol. The van der Waals surface area contributed by atoms with Gasteiger partial charge in [0.05, 0.1) is 0 Å². The third-order valence-electron chi connectivity index (χ3n) is 4.51. The summed E-state index contributed by atoms with van der Waals surface area (Å²) in [4.78, 5) is 0. The third kappa shape index (κ3) is 3.14. The van der Waals surface area contributed by atoms with Crippen LogP contribution in [0.2, 0.25) is 0 Å². The van der Waals surface area contributed by atoms with Crippen molar-refractivity contribution in [2.45, 2.75) is 58.3 Å². The van der Waals surface area contributed by atoms with Gasteiger partial charge < -0.3 is 5.73 Å². The Labute approximate surface area is 112 Å². The third-order valence-corrected chi connectivity index (χ3v) is 4.51. The molecular weight excluding hydrogens is 218 g/mol. The van der Waals surface area contributed by atoms with Gasteiger partial charge in [-0.15, -0.1) is 0 Å². The molecule has 1 fully saturated rings. The Morgan fingerprint density at radius 3 is 2.83 bits per heavy atom. The van der Waals surface area contributed by atoms with E-state index in [9.17, 15) is 0 Å². The molecule has 0 radical (unpaired) electrons. The van der Waals surface area contributed by atoms with E-state index in [1.807, 2.05) is 0 Å². The fourth-order valence-corrected chi connectivity index (χ4v) is 3.24. The molecule has 1 aromatic carbocycles. The van der Waals surface area contributed by atoms with Gasteiger partial charge in [0.2, 0.25) is 0 Å². The van der Waals surface area contributed by atoms with Crippen LogP contribution in [0, 0.1) is 5.41 Å². The topological polar surface area (TPSA) is 26.0 Å². The van der Waals surface area contributed by atoms with Crippen LogP contribution in [0.5, 0.6) is 0 Å². The Kier molecular flexibility index (Phi) is 4.11. The Hall–Kier alpha value is -0.820. The van der Waals surface area contributed by atoms with Gasteiger partial charge in [-0.3, -0.25) is 0 Å². The summed E-state index contributed by atoms with van der Waals surface area (Å²) in [5, 5.41) is 0. The molecule has 1 nitrogen and oxygen atoms in total. The minimum atomic E-state index is 0.474. The molecule has 18 heavy (non-hydrogen) atoms. The van der Waals surface area contributed by atoms with E-state index in [4.69, 9.17) is 5.73 Å². The summed E-state index contributed by atoms with van der Waals surface area (Å²) in [6, 6.07) is 9.12. The van der Waals surface area contributed by atoms with Crippen molar-refractivity contribution in [3.05, 3.63) is 35.4 Å². The summed E-state index contributed by atoms with van der Waals surface area (Å²) < 4.78 is 0.